The quantitative estimate of drug-likeness (QED) is 0.726. The van der Waals surface area contributed by atoms with Gasteiger partial charge in [-0.3, -0.25) is 0 Å². The molecular formula is C14H27NO. The van der Waals surface area contributed by atoms with Gasteiger partial charge in [-0.25, -0.2) is 0 Å². The molecule has 2 saturated carbocycles. The molecule has 2 aliphatic rings. The summed E-state index contributed by atoms with van der Waals surface area (Å²) in [5.41, 5.74) is 0. The van der Waals surface area contributed by atoms with E-state index in [0.717, 1.165) is 25.1 Å². The van der Waals surface area contributed by atoms with Gasteiger partial charge in [-0.2, -0.15) is 0 Å². The van der Waals surface area contributed by atoms with E-state index in [9.17, 15) is 0 Å². The molecular weight excluding hydrogens is 198 g/mol. The van der Waals surface area contributed by atoms with Crippen LogP contribution in [0.2, 0.25) is 0 Å². The molecule has 0 heterocycles. The molecule has 0 radical (unpaired) electrons. The second-order valence-corrected chi connectivity index (χ2v) is 5.70. The third kappa shape index (κ3) is 4.06. The molecule has 2 unspecified atom stereocenters. The van der Waals surface area contributed by atoms with Gasteiger partial charge >= 0.3 is 0 Å². The van der Waals surface area contributed by atoms with Gasteiger partial charge in [-0.1, -0.05) is 26.2 Å². The van der Waals surface area contributed by atoms with Gasteiger partial charge in [0.2, 0.25) is 0 Å². The molecule has 1 N–H and O–H groups in total. The largest absolute Gasteiger partial charge is 0.377 e. The van der Waals surface area contributed by atoms with Crippen LogP contribution >= 0.6 is 0 Å². The molecule has 0 aromatic rings. The number of hydrogen-bond donors (Lipinski definition) is 1. The summed E-state index contributed by atoms with van der Waals surface area (Å²) in [6, 6.07) is 0.768. The fourth-order valence-electron chi connectivity index (χ4n) is 3.11. The first-order valence-electron chi connectivity index (χ1n) is 7.19. The Morgan fingerprint density at radius 2 is 1.88 bits per heavy atom. The van der Waals surface area contributed by atoms with Crippen molar-refractivity contribution in [2.75, 3.05) is 13.2 Å². The first kappa shape index (κ1) is 12.4. The summed E-state index contributed by atoms with van der Waals surface area (Å²) in [7, 11) is 0. The van der Waals surface area contributed by atoms with Crippen LogP contribution in [0.3, 0.4) is 0 Å². The van der Waals surface area contributed by atoms with E-state index in [1.807, 2.05) is 0 Å². The van der Waals surface area contributed by atoms with Gasteiger partial charge in [-0.05, 0) is 38.0 Å². The van der Waals surface area contributed by atoms with Crippen molar-refractivity contribution >= 4 is 0 Å². The molecule has 0 bridgehead atoms. The van der Waals surface area contributed by atoms with Crippen molar-refractivity contribution in [3.05, 3.63) is 0 Å². The third-order valence-corrected chi connectivity index (χ3v) is 4.14. The molecule has 0 aromatic carbocycles. The number of rotatable bonds is 5. The summed E-state index contributed by atoms with van der Waals surface area (Å²) in [6.45, 7) is 4.32. The predicted octanol–water partition coefficient (Wildman–Crippen LogP) is 3.11. The Bertz CT molecular complexity index is 182. The predicted molar refractivity (Wildman–Crippen MR) is 67.6 cm³/mol. The van der Waals surface area contributed by atoms with Crippen LogP contribution in [0.25, 0.3) is 0 Å². The fraction of sp³-hybridized carbons (Fsp3) is 1.00. The second-order valence-electron chi connectivity index (χ2n) is 5.70. The van der Waals surface area contributed by atoms with E-state index in [2.05, 4.69) is 12.2 Å². The van der Waals surface area contributed by atoms with E-state index in [4.69, 9.17) is 4.74 Å². The van der Waals surface area contributed by atoms with Crippen LogP contribution in [0, 0.1) is 5.92 Å². The Hall–Kier alpha value is -0.0800. The SMILES string of the molecule is CC1CCC(NCCOC2CCCCC2)C1. The molecule has 16 heavy (non-hydrogen) atoms. The highest BCUT2D eigenvalue weighted by Gasteiger charge is 2.20. The van der Waals surface area contributed by atoms with Crippen LogP contribution in [0.4, 0.5) is 0 Å². The second kappa shape index (κ2) is 6.61. The molecule has 2 fully saturated rings. The summed E-state index contributed by atoms with van der Waals surface area (Å²) < 4.78 is 5.91. The van der Waals surface area contributed by atoms with Crippen LogP contribution < -0.4 is 5.32 Å². The molecule has 0 aromatic heterocycles. The minimum Gasteiger partial charge on any atom is -0.377 e. The van der Waals surface area contributed by atoms with Crippen molar-refractivity contribution in [1.82, 2.24) is 5.32 Å². The molecule has 0 aliphatic heterocycles. The molecule has 0 amide bonds. The van der Waals surface area contributed by atoms with E-state index in [0.29, 0.717) is 6.10 Å². The first-order chi connectivity index (χ1) is 7.84. The van der Waals surface area contributed by atoms with Gasteiger partial charge in [0.25, 0.3) is 0 Å². The Morgan fingerprint density at radius 3 is 2.56 bits per heavy atom. The molecule has 2 atom stereocenters. The molecule has 94 valence electrons. The van der Waals surface area contributed by atoms with Crippen LogP contribution in [-0.4, -0.2) is 25.3 Å². The Labute approximate surface area is 100 Å². The highest BCUT2D eigenvalue weighted by molar-refractivity contribution is 4.78. The van der Waals surface area contributed by atoms with Gasteiger partial charge in [0.15, 0.2) is 0 Å². The summed E-state index contributed by atoms with van der Waals surface area (Å²) in [4.78, 5) is 0. The number of nitrogens with one attached hydrogen (secondary N) is 1. The molecule has 2 nitrogen and oxygen atoms in total. The van der Waals surface area contributed by atoms with Crippen LogP contribution in [0.5, 0.6) is 0 Å². The zero-order valence-corrected chi connectivity index (χ0v) is 10.7. The van der Waals surface area contributed by atoms with Crippen molar-refractivity contribution in [3.63, 3.8) is 0 Å². The maximum Gasteiger partial charge on any atom is 0.0594 e. The van der Waals surface area contributed by atoms with E-state index in [1.165, 1.54) is 51.4 Å². The van der Waals surface area contributed by atoms with Gasteiger partial charge in [0.1, 0.15) is 0 Å². The van der Waals surface area contributed by atoms with Crippen molar-refractivity contribution in [2.45, 2.75) is 70.4 Å². The smallest absolute Gasteiger partial charge is 0.0594 e. The van der Waals surface area contributed by atoms with Crippen molar-refractivity contribution in [3.8, 4) is 0 Å². The molecule has 2 heteroatoms. The molecule has 0 saturated heterocycles. The van der Waals surface area contributed by atoms with E-state index in [-0.39, 0.29) is 0 Å². The maximum absolute atomic E-state index is 5.91. The molecule has 2 aliphatic carbocycles. The summed E-state index contributed by atoms with van der Waals surface area (Å²) in [5, 5.41) is 3.63. The van der Waals surface area contributed by atoms with Crippen LogP contribution in [0.15, 0.2) is 0 Å². The van der Waals surface area contributed by atoms with E-state index in [1.54, 1.807) is 0 Å². The van der Waals surface area contributed by atoms with Gasteiger partial charge in [-0.15, -0.1) is 0 Å². The topological polar surface area (TPSA) is 21.3 Å². The standard InChI is InChI=1S/C14H27NO/c1-12-7-8-13(11-12)15-9-10-16-14-5-3-2-4-6-14/h12-15H,2-11H2,1H3. The normalized spacial score (nSPS) is 32.1. The summed E-state index contributed by atoms with van der Waals surface area (Å²) >= 11 is 0. The van der Waals surface area contributed by atoms with E-state index >= 15 is 0 Å². The summed E-state index contributed by atoms with van der Waals surface area (Å²) in [5.74, 6) is 0.928. The zero-order chi connectivity index (χ0) is 11.2. The zero-order valence-electron chi connectivity index (χ0n) is 10.7. The Balaban J connectivity index is 1.48. The third-order valence-electron chi connectivity index (χ3n) is 4.14. The first-order valence-corrected chi connectivity index (χ1v) is 7.19. The maximum atomic E-state index is 5.91. The highest BCUT2D eigenvalue weighted by Crippen LogP contribution is 2.24. The lowest BCUT2D eigenvalue weighted by Crippen LogP contribution is -2.31. The monoisotopic (exact) mass is 225 g/mol. The minimum atomic E-state index is 0.568. The van der Waals surface area contributed by atoms with Gasteiger partial charge in [0.05, 0.1) is 12.7 Å². The summed E-state index contributed by atoms with van der Waals surface area (Å²) in [6.07, 6.45) is 11.4. The lowest BCUT2D eigenvalue weighted by molar-refractivity contribution is 0.0294. The number of ether oxygens (including phenoxy) is 1. The fourth-order valence-corrected chi connectivity index (χ4v) is 3.11. The van der Waals surface area contributed by atoms with Gasteiger partial charge < -0.3 is 10.1 Å². The van der Waals surface area contributed by atoms with Crippen LogP contribution in [-0.2, 0) is 4.74 Å². The number of hydrogen-bond acceptors (Lipinski definition) is 2. The van der Waals surface area contributed by atoms with Crippen LogP contribution in [0.1, 0.15) is 58.3 Å². The van der Waals surface area contributed by atoms with Crippen molar-refractivity contribution < 1.29 is 4.74 Å². The van der Waals surface area contributed by atoms with Gasteiger partial charge in [0, 0.05) is 12.6 Å². The highest BCUT2D eigenvalue weighted by atomic mass is 16.5. The lowest BCUT2D eigenvalue weighted by Gasteiger charge is -2.22. The molecule has 0 spiro atoms. The minimum absolute atomic E-state index is 0.568. The lowest BCUT2D eigenvalue weighted by atomic mass is 9.98. The Morgan fingerprint density at radius 1 is 1.06 bits per heavy atom. The molecule has 2 rings (SSSR count). The van der Waals surface area contributed by atoms with Crippen molar-refractivity contribution in [2.24, 2.45) is 5.92 Å². The Kier molecular flexibility index (Phi) is 5.11. The average Bonchev–Trinajstić information content (AvgIpc) is 2.72. The van der Waals surface area contributed by atoms with Crippen molar-refractivity contribution in [1.29, 1.82) is 0 Å². The van der Waals surface area contributed by atoms with E-state index < -0.39 is 0 Å². The average molecular weight is 225 g/mol.